The van der Waals surface area contributed by atoms with Crippen LogP contribution in [0.15, 0.2) is 16.6 Å². The van der Waals surface area contributed by atoms with E-state index < -0.39 is 0 Å². The molecule has 0 spiro atoms. The third-order valence-corrected chi connectivity index (χ3v) is 4.15. The molecule has 1 atom stereocenters. The van der Waals surface area contributed by atoms with Crippen LogP contribution in [0.3, 0.4) is 0 Å². The van der Waals surface area contributed by atoms with Gasteiger partial charge in [0.2, 0.25) is 0 Å². The Morgan fingerprint density at radius 2 is 2.05 bits per heavy atom. The van der Waals surface area contributed by atoms with Crippen molar-refractivity contribution in [3.05, 3.63) is 22.2 Å². The molecule has 1 saturated heterocycles. The summed E-state index contributed by atoms with van der Waals surface area (Å²) in [6.07, 6.45) is 1.84. The minimum Gasteiger partial charge on any atom is -0.504 e. The average molecular weight is 353 g/mol. The Bertz CT molecular complexity index is 425. The van der Waals surface area contributed by atoms with E-state index in [1.807, 2.05) is 6.07 Å². The number of methoxy groups -OCH3 is 1. The van der Waals surface area contributed by atoms with Crippen LogP contribution >= 0.6 is 28.3 Å². The number of rotatable bonds is 3. The van der Waals surface area contributed by atoms with Crippen molar-refractivity contribution in [2.75, 3.05) is 20.3 Å². The van der Waals surface area contributed by atoms with Crippen LogP contribution in [0.25, 0.3) is 0 Å². The van der Waals surface area contributed by atoms with Crippen molar-refractivity contribution >= 4 is 28.3 Å². The fraction of sp³-hybridized carbons (Fsp3) is 0.538. The lowest BCUT2D eigenvalue weighted by Gasteiger charge is -2.29. The third-order valence-electron chi connectivity index (χ3n) is 3.45. The molecule has 108 valence electrons. The molecule has 0 amide bonds. The minimum absolute atomic E-state index is 0. The van der Waals surface area contributed by atoms with Crippen LogP contribution in [0.1, 0.15) is 24.4 Å². The summed E-state index contributed by atoms with van der Waals surface area (Å²) >= 11 is 3.45. The Morgan fingerprint density at radius 3 is 2.63 bits per heavy atom. The third kappa shape index (κ3) is 3.54. The van der Waals surface area contributed by atoms with Gasteiger partial charge in [0.25, 0.3) is 0 Å². The molecule has 1 aliphatic heterocycles. The van der Waals surface area contributed by atoms with E-state index in [9.17, 15) is 5.11 Å². The van der Waals surface area contributed by atoms with Crippen LogP contribution in [0.2, 0.25) is 0 Å². The first-order valence-corrected chi connectivity index (χ1v) is 6.83. The number of benzene rings is 1. The van der Waals surface area contributed by atoms with Crippen LogP contribution in [0, 0.1) is 5.92 Å². The number of nitrogens with two attached hydrogens (primary N) is 1. The van der Waals surface area contributed by atoms with Gasteiger partial charge in [-0.05, 0) is 30.9 Å². The number of halogens is 2. The fourth-order valence-corrected chi connectivity index (χ4v) is 2.94. The Labute approximate surface area is 127 Å². The van der Waals surface area contributed by atoms with Crippen LogP contribution in [0.5, 0.6) is 11.5 Å². The van der Waals surface area contributed by atoms with Crippen molar-refractivity contribution in [3.8, 4) is 11.5 Å². The normalized spacial score (nSPS) is 17.6. The summed E-state index contributed by atoms with van der Waals surface area (Å²) < 4.78 is 11.3. The summed E-state index contributed by atoms with van der Waals surface area (Å²) in [5, 5.41) is 10.2. The van der Waals surface area contributed by atoms with Crippen LogP contribution in [-0.2, 0) is 4.74 Å². The van der Waals surface area contributed by atoms with E-state index in [-0.39, 0.29) is 24.2 Å². The zero-order chi connectivity index (χ0) is 13.1. The summed E-state index contributed by atoms with van der Waals surface area (Å²) in [5.74, 6) is 0.912. The SMILES string of the molecule is COc1ccc(Br)c([C@H](N)C2CCOCC2)c1O.Cl. The number of aromatic hydroxyl groups is 1. The quantitative estimate of drug-likeness (QED) is 0.877. The van der Waals surface area contributed by atoms with Crippen molar-refractivity contribution in [3.63, 3.8) is 0 Å². The summed E-state index contributed by atoms with van der Waals surface area (Å²) in [6.45, 7) is 1.47. The van der Waals surface area contributed by atoms with Crippen LogP contribution < -0.4 is 10.5 Å². The second kappa shape index (κ2) is 7.33. The van der Waals surface area contributed by atoms with Gasteiger partial charge in [-0.15, -0.1) is 12.4 Å². The molecule has 6 heteroatoms. The lowest BCUT2D eigenvalue weighted by molar-refractivity contribution is 0.0580. The summed E-state index contributed by atoms with van der Waals surface area (Å²) in [4.78, 5) is 0. The maximum absolute atomic E-state index is 10.2. The molecule has 0 aliphatic carbocycles. The Kier molecular flexibility index (Phi) is 6.39. The molecule has 0 radical (unpaired) electrons. The average Bonchev–Trinajstić information content (AvgIpc) is 2.40. The Hall–Kier alpha value is -0.490. The molecule has 0 aromatic heterocycles. The molecule has 1 fully saturated rings. The lowest BCUT2D eigenvalue weighted by atomic mass is 9.87. The van der Waals surface area contributed by atoms with Crippen molar-refractivity contribution in [1.29, 1.82) is 0 Å². The highest BCUT2D eigenvalue weighted by atomic mass is 79.9. The number of ether oxygens (including phenoxy) is 2. The van der Waals surface area contributed by atoms with Crippen LogP contribution in [-0.4, -0.2) is 25.4 Å². The van der Waals surface area contributed by atoms with E-state index >= 15 is 0 Å². The first-order chi connectivity index (χ1) is 8.65. The van der Waals surface area contributed by atoms with E-state index in [0.29, 0.717) is 11.7 Å². The molecule has 4 nitrogen and oxygen atoms in total. The first kappa shape index (κ1) is 16.6. The van der Waals surface area contributed by atoms with Crippen molar-refractivity contribution in [2.45, 2.75) is 18.9 Å². The van der Waals surface area contributed by atoms with Gasteiger partial charge < -0.3 is 20.3 Å². The molecule has 19 heavy (non-hydrogen) atoms. The number of phenols is 1. The monoisotopic (exact) mass is 351 g/mol. The van der Waals surface area contributed by atoms with E-state index in [0.717, 1.165) is 36.1 Å². The summed E-state index contributed by atoms with van der Waals surface area (Å²) in [7, 11) is 1.53. The molecule has 0 bridgehead atoms. The highest BCUT2D eigenvalue weighted by molar-refractivity contribution is 9.10. The van der Waals surface area contributed by atoms with Gasteiger partial charge in [0.1, 0.15) is 0 Å². The second-order valence-electron chi connectivity index (χ2n) is 4.49. The predicted octanol–water partition coefficient (Wildman–Crippen LogP) is 3.01. The molecule has 0 saturated carbocycles. The first-order valence-electron chi connectivity index (χ1n) is 6.03. The predicted molar refractivity (Wildman–Crippen MR) is 80.1 cm³/mol. The Morgan fingerprint density at radius 1 is 1.42 bits per heavy atom. The van der Waals surface area contributed by atoms with Gasteiger partial charge in [0, 0.05) is 29.3 Å². The number of hydrogen-bond acceptors (Lipinski definition) is 4. The van der Waals surface area contributed by atoms with E-state index in [2.05, 4.69) is 15.9 Å². The minimum atomic E-state index is -0.210. The van der Waals surface area contributed by atoms with Gasteiger partial charge in [-0.1, -0.05) is 15.9 Å². The molecule has 1 aromatic carbocycles. The molecule has 0 unspecified atom stereocenters. The molecule has 1 heterocycles. The van der Waals surface area contributed by atoms with Gasteiger partial charge >= 0.3 is 0 Å². The Balaban J connectivity index is 0.00000180. The summed E-state index contributed by atoms with van der Waals surface area (Å²) in [5.41, 5.74) is 7.02. The largest absolute Gasteiger partial charge is 0.504 e. The molecule has 1 aliphatic rings. The van der Waals surface area contributed by atoms with E-state index in [1.165, 1.54) is 7.11 Å². The number of phenolic OH excluding ortho intramolecular Hbond substituents is 1. The smallest absolute Gasteiger partial charge is 0.163 e. The fourth-order valence-electron chi connectivity index (χ4n) is 2.36. The van der Waals surface area contributed by atoms with Gasteiger partial charge in [-0.2, -0.15) is 0 Å². The van der Waals surface area contributed by atoms with Gasteiger partial charge in [-0.25, -0.2) is 0 Å². The van der Waals surface area contributed by atoms with Gasteiger partial charge in [0.05, 0.1) is 7.11 Å². The number of hydrogen-bond donors (Lipinski definition) is 2. The molecular weight excluding hydrogens is 334 g/mol. The zero-order valence-electron chi connectivity index (χ0n) is 10.8. The van der Waals surface area contributed by atoms with Crippen molar-refractivity contribution in [2.24, 2.45) is 11.7 Å². The highest BCUT2D eigenvalue weighted by Gasteiger charge is 2.27. The highest BCUT2D eigenvalue weighted by Crippen LogP contribution is 2.42. The molecular formula is C13H19BrClNO3. The lowest BCUT2D eigenvalue weighted by Crippen LogP contribution is -2.27. The van der Waals surface area contributed by atoms with Gasteiger partial charge in [0.15, 0.2) is 11.5 Å². The molecule has 2 rings (SSSR count). The van der Waals surface area contributed by atoms with Crippen LogP contribution in [0.4, 0.5) is 0 Å². The van der Waals surface area contributed by atoms with E-state index in [4.69, 9.17) is 15.2 Å². The maximum atomic E-state index is 10.2. The maximum Gasteiger partial charge on any atom is 0.163 e. The molecule has 3 N–H and O–H groups in total. The second-order valence-corrected chi connectivity index (χ2v) is 5.34. The topological polar surface area (TPSA) is 64.7 Å². The van der Waals surface area contributed by atoms with Crippen molar-refractivity contribution in [1.82, 2.24) is 0 Å². The van der Waals surface area contributed by atoms with Crippen molar-refractivity contribution < 1.29 is 14.6 Å². The van der Waals surface area contributed by atoms with Gasteiger partial charge in [-0.3, -0.25) is 0 Å². The molecule has 1 aromatic rings. The standard InChI is InChI=1S/C13H18BrNO3.ClH/c1-17-10-3-2-9(14)11(13(10)16)12(15)8-4-6-18-7-5-8;/h2-3,8,12,16H,4-7,15H2,1H3;1H/t12-;/m1./s1. The zero-order valence-corrected chi connectivity index (χ0v) is 13.2. The van der Waals surface area contributed by atoms with E-state index in [1.54, 1.807) is 6.07 Å². The summed E-state index contributed by atoms with van der Waals surface area (Å²) in [6, 6.07) is 3.37.